The number of nitrogens with zero attached hydrogens (tertiary/aromatic N) is 1. The molecular weight excluding hydrogens is 245 g/mol. The van der Waals surface area contributed by atoms with Gasteiger partial charge in [-0.1, -0.05) is 12.1 Å². The second-order valence-corrected chi connectivity index (χ2v) is 4.12. The van der Waals surface area contributed by atoms with Crippen molar-refractivity contribution >= 4 is 11.7 Å². The number of amides is 2. The zero-order valence-electron chi connectivity index (χ0n) is 10.4. The number of pyridine rings is 1. The number of halogens is 1. The van der Waals surface area contributed by atoms with Crippen molar-refractivity contribution in [3.8, 4) is 0 Å². The fourth-order valence-electron chi connectivity index (χ4n) is 1.65. The summed E-state index contributed by atoms with van der Waals surface area (Å²) in [6.45, 7) is 1.85. The van der Waals surface area contributed by atoms with Crippen LogP contribution in [-0.2, 0) is 0 Å². The Morgan fingerprint density at radius 1 is 1.32 bits per heavy atom. The number of anilines is 1. The van der Waals surface area contributed by atoms with Crippen molar-refractivity contribution < 1.29 is 9.18 Å². The minimum atomic E-state index is -0.391. The molecule has 4 nitrogen and oxygen atoms in total. The van der Waals surface area contributed by atoms with Crippen molar-refractivity contribution in [3.05, 3.63) is 60.2 Å². The monoisotopic (exact) mass is 259 g/mol. The predicted octanol–water partition coefficient (Wildman–Crippen LogP) is 3.10. The van der Waals surface area contributed by atoms with E-state index in [2.05, 4.69) is 15.6 Å². The van der Waals surface area contributed by atoms with E-state index in [0.29, 0.717) is 5.69 Å². The summed E-state index contributed by atoms with van der Waals surface area (Å²) in [6.07, 6.45) is 3.36. The average molecular weight is 259 g/mol. The van der Waals surface area contributed by atoms with Gasteiger partial charge in [0, 0.05) is 18.1 Å². The summed E-state index contributed by atoms with van der Waals surface area (Å²) in [5.41, 5.74) is 1.31. The Balaban J connectivity index is 1.95. The fourth-order valence-corrected chi connectivity index (χ4v) is 1.65. The minimum Gasteiger partial charge on any atom is -0.331 e. The summed E-state index contributed by atoms with van der Waals surface area (Å²) < 4.78 is 13.0. The van der Waals surface area contributed by atoms with Gasteiger partial charge in [0.05, 0.1) is 6.04 Å². The standard InChI is InChI=1S/C14H14FN3O/c1-10(11-4-3-7-16-9-11)17-14(19)18-13-6-2-5-12(15)8-13/h2-10H,1H3,(H2,17,18,19)/t10-/m0/s1. The first-order chi connectivity index (χ1) is 9.15. The van der Waals surface area contributed by atoms with Crippen LogP contribution < -0.4 is 10.6 Å². The molecule has 1 aromatic heterocycles. The van der Waals surface area contributed by atoms with Crippen LogP contribution in [-0.4, -0.2) is 11.0 Å². The van der Waals surface area contributed by atoms with E-state index in [1.165, 1.54) is 18.2 Å². The van der Waals surface area contributed by atoms with E-state index in [1.54, 1.807) is 24.5 Å². The van der Waals surface area contributed by atoms with Gasteiger partial charge in [0.1, 0.15) is 5.82 Å². The highest BCUT2D eigenvalue weighted by molar-refractivity contribution is 5.89. The lowest BCUT2D eigenvalue weighted by atomic mass is 10.1. The number of nitrogens with one attached hydrogen (secondary N) is 2. The Labute approximate surface area is 110 Å². The molecule has 2 rings (SSSR count). The smallest absolute Gasteiger partial charge is 0.319 e. The highest BCUT2D eigenvalue weighted by Crippen LogP contribution is 2.12. The molecule has 19 heavy (non-hydrogen) atoms. The zero-order valence-corrected chi connectivity index (χ0v) is 10.4. The first-order valence-electron chi connectivity index (χ1n) is 5.88. The molecule has 0 fully saturated rings. The highest BCUT2D eigenvalue weighted by atomic mass is 19.1. The van der Waals surface area contributed by atoms with Gasteiger partial charge in [-0.2, -0.15) is 0 Å². The molecule has 0 bridgehead atoms. The molecular formula is C14H14FN3O. The van der Waals surface area contributed by atoms with Crippen molar-refractivity contribution in [2.45, 2.75) is 13.0 Å². The van der Waals surface area contributed by atoms with Gasteiger partial charge in [-0.3, -0.25) is 4.98 Å². The van der Waals surface area contributed by atoms with Crippen LogP contribution in [0, 0.1) is 5.82 Å². The molecule has 0 unspecified atom stereocenters. The Morgan fingerprint density at radius 3 is 2.84 bits per heavy atom. The average Bonchev–Trinajstić information content (AvgIpc) is 2.39. The van der Waals surface area contributed by atoms with Crippen molar-refractivity contribution in [1.82, 2.24) is 10.3 Å². The molecule has 0 aliphatic rings. The summed E-state index contributed by atoms with van der Waals surface area (Å²) in [7, 11) is 0. The third-order valence-corrected chi connectivity index (χ3v) is 2.61. The quantitative estimate of drug-likeness (QED) is 0.889. The van der Waals surface area contributed by atoms with E-state index < -0.39 is 5.82 Å². The lowest BCUT2D eigenvalue weighted by Gasteiger charge is -2.14. The molecule has 2 N–H and O–H groups in total. The van der Waals surface area contributed by atoms with E-state index in [0.717, 1.165) is 5.56 Å². The lowest BCUT2D eigenvalue weighted by molar-refractivity contribution is 0.249. The molecule has 0 spiro atoms. The maximum absolute atomic E-state index is 13.0. The van der Waals surface area contributed by atoms with E-state index in [1.807, 2.05) is 13.0 Å². The highest BCUT2D eigenvalue weighted by Gasteiger charge is 2.09. The maximum atomic E-state index is 13.0. The maximum Gasteiger partial charge on any atom is 0.319 e. The molecule has 0 aliphatic carbocycles. The number of urea groups is 1. The normalized spacial score (nSPS) is 11.7. The molecule has 2 aromatic rings. The number of hydrogen-bond donors (Lipinski definition) is 2. The molecule has 1 heterocycles. The second kappa shape index (κ2) is 5.95. The SMILES string of the molecule is C[C@H](NC(=O)Nc1cccc(F)c1)c1cccnc1. The molecule has 0 saturated heterocycles. The molecule has 2 amide bonds. The summed E-state index contributed by atoms with van der Waals surface area (Å²) in [5, 5.41) is 5.32. The molecule has 98 valence electrons. The number of carbonyl (C=O) groups is 1. The largest absolute Gasteiger partial charge is 0.331 e. The zero-order chi connectivity index (χ0) is 13.7. The van der Waals surface area contributed by atoms with Crippen LogP contribution in [0.1, 0.15) is 18.5 Å². The Morgan fingerprint density at radius 2 is 2.16 bits per heavy atom. The van der Waals surface area contributed by atoms with E-state index in [-0.39, 0.29) is 12.1 Å². The van der Waals surface area contributed by atoms with Gasteiger partial charge >= 0.3 is 6.03 Å². The Bertz CT molecular complexity index is 560. The van der Waals surface area contributed by atoms with E-state index in [4.69, 9.17) is 0 Å². The fraction of sp³-hybridized carbons (Fsp3) is 0.143. The molecule has 1 atom stereocenters. The molecule has 0 aliphatic heterocycles. The first kappa shape index (κ1) is 13.0. The summed E-state index contributed by atoms with van der Waals surface area (Å²) >= 11 is 0. The predicted molar refractivity (Wildman–Crippen MR) is 71.2 cm³/mol. The number of aromatic nitrogens is 1. The molecule has 1 aromatic carbocycles. The molecule has 5 heteroatoms. The Kier molecular flexibility index (Phi) is 4.07. The van der Waals surface area contributed by atoms with Crippen molar-refractivity contribution in [1.29, 1.82) is 0 Å². The second-order valence-electron chi connectivity index (χ2n) is 4.12. The minimum absolute atomic E-state index is 0.178. The third kappa shape index (κ3) is 3.77. The number of rotatable bonds is 3. The summed E-state index contributed by atoms with van der Waals surface area (Å²) in [4.78, 5) is 15.7. The van der Waals surface area contributed by atoms with Crippen molar-refractivity contribution in [2.24, 2.45) is 0 Å². The van der Waals surface area contributed by atoms with E-state index in [9.17, 15) is 9.18 Å². The molecule has 0 radical (unpaired) electrons. The van der Waals surface area contributed by atoms with Crippen molar-refractivity contribution in [2.75, 3.05) is 5.32 Å². The molecule has 0 saturated carbocycles. The summed E-state index contributed by atoms with van der Waals surface area (Å²) in [6, 6.07) is 8.85. The van der Waals surface area contributed by atoms with E-state index >= 15 is 0 Å². The van der Waals surface area contributed by atoms with Gasteiger partial charge in [0.15, 0.2) is 0 Å². The van der Waals surface area contributed by atoms with Crippen LogP contribution in [0.2, 0.25) is 0 Å². The van der Waals surface area contributed by atoms with Gasteiger partial charge in [-0.05, 0) is 36.8 Å². The van der Waals surface area contributed by atoms with Crippen LogP contribution in [0.15, 0.2) is 48.8 Å². The van der Waals surface area contributed by atoms with Crippen LogP contribution in [0.4, 0.5) is 14.9 Å². The topological polar surface area (TPSA) is 54.0 Å². The van der Waals surface area contributed by atoms with Gasteiger partial charge < -0.3 is 10.6 Å². The third-order valence-electron chi connectivity index (χ3n) is 2.61. The van der Waals surface area contributed by atoms with Crippen LogP contribution in [0.5, 0.6) is 0 Å². The Hall–Kier alpha value is -2.43. The van der Waals surface area contributed by atoms with Crippen LogP contribution in [0.3, 0.4) is 0 Å². The number of carbonyl (C=O) groups excluding carboxylic acids is 1. The van der Waals surface area contributed by atoms with Gasteiger partial charge in [-0.15, -0.1) is 0 Å². The summed E-state index contributed by atoms with van der Waals surface area (Å²) in [5.74, 6) is -0.391. The van der Waals surface area contributed by atoms with Crippen LogP contribution in [0.25, 0.3) is 0 Å². The van der Waals surface area contributed by atoms with Crippen molar-refractivity contribution in [3.63, 3.8) is 0 Å². The van der Waals surface area contributed by atoms with Gasteiger partial charge in [-0.25, -0.2) is 9.18 Å². The van der Waals surface area contributed by atoms with Gasteiger partial charge in [0.2, 0.25) is 0 Å². The van der Waals surface area contributed by atoms with Gasteiger partial charge in [0.25, 0.3) is 0 Å². The van der Waals surface area contributed by atoms with Crippen LogP contribution >= 0.6 is 0 Å². The first-order valence-corrected chi connectivity index (χ1v) is 5.88. The lowest BCUT2D eigenvalue weighted by Crippen LogP contribution is -2.31. The number of hydrogen-bond acceptors (Lipinski definition) is 2. The number of benzene rings is 1.